The van der Waals surface area contributed by atoms with Gasteiger partial charge in [-0.05, 0) is 61.3 Å². The van der Waals surface area contributed by atoms with Crippen LogP contribution in [0.3, 0.4) is 0 Å². The molecule has 1 aliphatic heterocycles. The third kappa shape index (κ3) is 3.59. The fourth-order valence-electron chi connectivity index (χ4n) is 3.03. The second-order valence-electron chi connectivity index (χ2n) is 6.05. The average molecular weight is 334 g/mol. The first kappa shape index (κ1) is 16.1. The maximum absolute atomic E-state index is 13.6. The predicted molar refractivity (Wildman–Crippen MR) is 94.5 cm³/mol. The van der Waals surface area contributed by atoms with Crippen molar-refractivity contribution in [2.24, 2.45) is 0 Å². The summed E-state index contributed by atoms with van der Waals surface area (Å²) >= 11 is 6.20. The minimum Gasteiger partial charge on any atom is -0.398 e. The van der Waals surface area contributed by atoms with Crippen LogP contribution >= 0.6 is 11.6 Å². The van der Waals surface area contributed by atoms with Crippen LogP contribution in [0.4, 0.5) is 15.8 Å². The molecule has 1 fully saturated rings. The Labute approximate surface area is 141 Å². The third-order valence-electron chi connectivity index (χ3n) is 4.44. The number of aryl methyl sites for hydroxylation is 1. The lowest BCUT2D eigenvalue weighted by Crippen LogP contribution is -2.36. The van der Waals surface area contributed by atoms with E-state index < -0.39 is 0 Å². The average Bonchev–Trinajstić information content (AvgIpc) is 3.05. The van der Waals surface area contributed by atoms with E-state index in [-0.39, 0.29) is 5.82 Å². The van der Waals surface area contributed by atoms with Gasteiger partial charge in [0.15, 0.2) is 0 Å². The summed E-state index contributed by atoms with van der Waals surface area (Å²) in [4.78, 5) is 2.28. The van der Waals surface area contributed by atoms with Crippen LogP contribution in [-0.4, -0.2) is 19.1 Å². The largest absolute Gasteiger partial charge is 0.398 e. The number of hydrogen-bond donors (Lipinski definition) is 2. The van der Waals surface area contributed by atoms with E-state index in [0.29, 0.717) is 23.3 Å². The molecule has 1 aliphatic rings. The van der Waals surface area contributed by atoms with Crippen molar-refractivity contribution in [1.29, 1.82) is 0 Å². The summed E-state index contributed by atoms with van der Waals surface area (Å²) in [7, 11) is 0. The number of nitrogen functional groups attached to an aromatic ring is 1. The van der Waals surface area contributed by atoms with Crippen LogP contribution in [0, 0.1) is 12.7 Å². The van der Waals surface area contributed by atoms with Gasteiger partial charge in [0, 0.05) is 24.8 Å². The van der Waals surface area contributed by atoms with Gasteiger partial charge in [0.25, 0.3) is 0 Å². The first-order valence-electron chi connectivity index (χ1n) is 7.82. The van der Waals surface area contributed by atoms with Crippen LogP contribution in [0.5, 0.6) is 0 Å². The van der Waals surface area contributed by atoms with Gasteiger partial charge in [-0.2, -0.15) is 0 Å². The summed E-state index contributed by atoms with van der Waals surface area (Å²) in [5.74, 6) is -0.203. The van der Waals surface area contributed by atoms with Crippen LogP contribution in [0.15, 0.2) is 36.4 Å². The number of hydrogen-bond acceptors (Lipinski definition) is 3. The van der Waals surface area contributed by atoms with Crippen LogP contribution in [0.2, 0.25) is 5.02 Å². The second-order valence-corrected chi connectivity index (χ2v) is 6.46. The minimum absolute atomic E-state index is 0.203. The number of nitrogens with two attached hydrogens (primary N) is 1. The molecule has 3 N–H and O–H groups in total. The molecule has 3 rings (SSSR count). The van der Waals surface area contributed by atoms with Gasteiger partial charge < -0.3 is 16.0 Å². The fourth-order valence-corrected chi connectivity index (χ4v) is 3.20. The van der Waals surface area contributed by atoms with Gasteiger partial charge in [0.1, 0.15) is 5.82 Å². The van der Waals surface area contributed by atoms with E-state index in [2.05, 4.69) is 10.2 Å². The lowest BCUT2D eigenvalue weighted by atomic mass is 10.1. The quantitative estimate of drug-likeness (QED) is 0.837. The Hall–Kier alpha value is -1.78. The molecule has 0 bridgehead atoms. The second kappa shape index (κ2) is 6.77. The number of nitrogens with zero attached hydrogens (tertiary/aromatic N) is 1. The molecule has 1 saturated heterocycles. The number of anilines is 2. The zero-order chi connectivity index (χ0) is 16.4. The molecule has 2 aromatic carbocycles. The molecular formula is C18H21ClFN3. The van der Waals surface area contributed by atoms with E-state index in [1.54, 1.807) is 6.07 Å². The van der Waals surface area contributed by atoms with Gasteiger partial charge in [-0.1, -0.05) is 17.7 Å². The van der Waals surface area contributed by atoms with Crippen LogP contribution < -0.4 is 16.0 Å². The molecule has 122 valence electrons. The Morgan fingerprint density at radius 1 is 1.30 bits per heavy atom. The molecule has 0 aliphatic carbocycles. The number of nitrogens with one attached hydrogen (secondary N) is 1. The van der Waals surface area contributed by atoms with E-state index in [1.165, 1.54) is 6.07 Å². The van der Waals surface area contributed by atoms with Crippen molar-refractivity contribution in [3.05, 3.63) is 58.4 Å². The molecule has 0 saturated carbocycles. The Morgan fingerprint density at radius 3 is 2.83 bits per heavy atom. The smallest absolute Gasteiger partial charge is 0.123 e. The van der Waals surface area contributed by atoms with Crippen molar-refractivity contribution in [3.63, 3.8) is 0 Å². The van der Waals surface area contributed by atoms with Gasteiger partial charge in [-0.15, -0.1) is 0 Å². The van der Waals surface area contributed by atoms with Gasteiger partial charge >= 0.3 is 0 Å². The lowest BCUT2D eigenvalue weighted by Gasteiger charge is -2.31. The highest BCUT2D eigenvalue weighted by Crippen LogP contribution is 2.29. The SMILES string of the molecule is Cc1ccc(F)cc1CN(c1ccc(N)c(Cl)c1)[C@H]1CCNC1. The van der Waals surface area contributed by atoms with E-state index in [4.69, 9.17) is 17.3 Å². The predicted octanol–water partition coefficient (Wildman–Crippen LogP) is 3.74. The molecule has 5 heteroatoms. The molecule has 23 heavy (non-hydrogen) atoms. The summed E-state index contributed by atoms with van der Waals surface area (Å²) < 4.78 is 13.6. The van der Waals surface area contributed by atoms with Crippen molar-refractivity contribution < 1.29 is 4.39 Å². The summed E-state index contributed by atoms with van der Waals surface area (Å²) in [5.41, 5.74) is 9.49. The summed E-state index contributed by atoms with van der Waals surface area (Å²) in [5, 5.41) is 3.94. The van der Waals surface area contributed by atoms with Gasteiger partial charge in [-0.25, -0.2) is 4.39 Å². The van der Waals surface area contributed by atoms with Gasteiger partial charge in [0.2, 0.25) is 0 Å². The van der Waals surface area contributed by atoms with Crippen LogP contribution in [0.25, 0.3) is 0 Å². The molecule has 0 spiro atoms. The standard InChI is InChI=1S/C18H21ClFN3/c1-12-2-3-14(20)8-13(12)11-23(16-6-7-22-10-16)15-4-5-18(21)17(19)9-15/h2-5,8-9,16,22H,6-7,10-11,21H2,1H3/t16-/m0/s1. The minimum atomic E-state index is -0.203. The van der Waals surface area contributed by atoms with Crippen LogP contribution in [-0.2, 0) is 6.54 Å². The summed E-state index contributed by atoms with van der Waals surface area (Å²) in [6, 6.07) is 11.0. The van der Waals surface area contributed by atoms with E-state index >= 15 is 0 Å². The Kier molecular flexibility index (Phi) is 4.74. The molecule has 0 radical (unpaired) electrons. The highest BCUT2D eigenvalue weighted by Gasteiger charge is 2.24. The third-order valence-corrected chi connectivity index (χ3v) is 4.77. The van der Waals surface area contributed by atoms with E-state index in [1.807, 2.05) is 31.2 Å². The molecular weight excluding hydrogens is 313 g/mol. The Balaban J connectivity index is 1.95. The molecule has 3 nitrogen and oxygen atoms in total. The topological polar surface area (TPSA) is 41.3 Å². The molecule has 0 aromatic heterocycles. The number of rotatable bonds is 4. The molecule has 1 heterocycles. The van der Waals surface area contributed by atoms with Crippen molar-refractivity contribution in [2.45, 2.75) is 25.9 Å². The van der Waals surface area contributed by atoms with E-state index in [0.717, 1.165) is 36.3 Å². The Morgan fingerprint density at radius 2 is 2.13 bits per heavy atom. The maximum Gasteiger partial charge on any atom is 0.123 e. The number of halogens is 2. The van der Waals surface area contributed by atoms with Crippen molar-refractivity contribution in [2.75, 3.05) is 23.7 Å². The monoisotopic (exact) mass is 333 g/mol. The van der Waals surface area contributed by atoms with Crippen molar-refractivity contribution in [3.8, 4) is 0 Å². The fraction of sp³-hybridized carbons (Fsp3) is 0.333. The molecule has 0 unspecified atom stereocenters. The summed E-state index contributed by atoms with van der Waals surface area (Å²) in [6.07, 6.45) is 1.05. The molecule has 0 amide bonds. The highest BCUT2D eigenvalue weighted by atomic mass is 35.5. The molecule has 1 atom stereocenters. The number of benzene rings is 2. The first-order valence-corrected chi connectivity index (χ1v) is 8.20. The van der Waals surface area contributed by atoms with Crippen molar-refractivity contribution in [1.82, 2.24) is 5.32 Å². The van der Waals surface area contributed by atoms with Crippen molar-refractivity contribution >= 4 is 23.0 Å². The molecule has 2 aromatic rings. The zero-order valence-electron chi connectivity index (χ0n) is 13.2. The van der Waals surface area contributed by atoms with Crippen LogP contribution in [0.1, 0.15) is 17.5 Å². The van der Waals surface area contributed by atoms with E-state index in [9.17, 15) is 4.39 Å². The lowest BCUT2D eigenvalue weighted by molar-refractivity contribution is 0.611. The zero-order valence-corrected chi connectivity index (χ0v) is 13.9. The van der Waals surface area contributed by atoms with Gasteiger partial charge in [-0.3, -0.25) is 0 Å². The summed E-state index contributed by atoms with van der Waals surface area (Å²) in [6.45, 7) is 4.56. The normalized spacial score (nSPS) is 17.4. The maximum atomic E-state index is 13.6. The van der Waals surface area contributed by atoms with Gasteiger partial charge in [0.05, 0.1) is 10.7 Å². The highest BCUT2D eigenvalue weighted by molar-refractivity contribution is 6.33. The Bertz CT molecular complexity index is 699. The first-order chi connectivity index (χ1) is 11.0.